The second-order valence-electron chi connectivity index (χ2n) is 13.7. The monoisotopic (exact) mass is 514 g/mol. The minimum Gasteiger partial charge on any atom is -0.393 e. The molecule has 6 rings (SSSR count). The van der Waals surface area contributed by atoms with Crippen molar-refractivity contribution >= 4 is 22.4 Å². The molecule has 0 radical (unpaired) electrons. The Kier molecular flexibility index (Phi) is 6.57. The molecule has 5 aliphatic rings. The van der Waals surface area contributed by atoms with Gasteiger partial charge in [-0.05, 0) is 123 Å². The number of carbonyl (C=O) groups excluding carboxylic acids is 1. The molecule has 1 aromatic heterocycles. The molecule has 4 saturated carbocycles. The third kappa shape index (κ3) is 4.00. The molecule has 0 aliphatic heterocycles. The molecule has 200 valence electrons. The number of nitrogens with zero attached hydrogens (tertiary/aromatic N) is 1. The maximum atomic E-state index is 12.8. The highest BCUT2D eigenvalue weighted by Gasteiger charge is 2.63. The Bertz CT molecular complexity index is 973. The van der Waals surface area contributed by atoms with E-state index in [9.17, 15) is 15.0 Å². The molecule has 36 heavy (non-hydrogen) atoms. The van der Waals surface area contributed by atoms with Crippen LogP contribution >= 0.6 is 11.3 Å². The Labute approximate surface area is 220 Å². The maximum Gasteiger partial charge on any atom is 0.226 e. The van der Waals surface area contributed by atoms with Crippen molar-refractivity contribution in [1.82, 2.24) is 4.98 Å². The second kappa shape index (κ2) is 9.34. The third-order valence-corrected chi connectivity index (χ3v) is 13.2. The zero-order valence-electron chi connectivity index (χ0n) is 22.5. The van der Waals surface area contributed by atoms with Gasteiger partial charge in [-0.1, -0.05) is 20.8 Å². The zero-order chi connectivity index (χ0) is 25.2. The minimum atomic E-state index is -0.257. The third-order valence-electron chi connectivity index (χ3n) is 12.2. The van der Waals surface area contributed by atoms with E-state index in [4.69, 9.17) is 0 Å². The fourth-order valence-electron chi connectivity index (χ4n) is 10.1. The minimum absolute atomic E-state index is 0.0372. The van der Waals surface area contributed by atoms with Gasteiger partial charge in [-0.2, -0.15) is 0 Å². The van der Waals surface area contributed by atoms with Crippen molar-refractivity contribution in [2.24, 2.45) is 46.3 Å². The number of fused-ring (bicyclic) bond motifs is 6. The van der Waals surface area contributed by atoms with Crippen LogP contribution in [-0.2, 0) is 17.6 Å². The van der Waals surface area contributed by atoms with E-state index in [-0.39, 0.29) is 28.9 Å². The SMILES string of the molecule is C[C@H](CCC(=O)Nc1nc2c(s1)CCC2)[C@@H]1CC[C@@H]2[C@@H]3CC[C@H]4C[C@H](O)CC[C@]4(C)[C@@H]3C[C@H](O)[C@@]21C. The zero-order valence-corrected chi connectivity index (χ0v) is 23.3. The summed E-state index contributed by atoms with van der Waals surface area (Å²) in [4.78, 5) is 18.7. The maximum absolute atomic E-state index is 12.8. The van der Waals surface area contributed by atoms with Gasteiger partial charge in [0, 0.05) is 11.3 Å². The fourth-order valence-corrected chi connectivity index (χ4v) is 11.2. The molecule has 0 saturated heterocycles. The van der Waals surface area contributed by atoms with E-state index in [1.807, 2.05) is 0 Å². The van der Waals surface area contributed by atoms with Crippen LogP contribution < -0.4 is 5.32 Å². The Morgan fingerprint density at radius 3 is 2.75 bits per heavy atom. The lowest BCUT2D eigenvalue weighted by molar-refractivity contribution is -0.174. The summed E-state index contributed by atoms with van der Waals surface area (Å²) in [5.74, 6) is 3.51. The number of aryl methyl sites for hydroxylation is 2. The van der Waals surface area contributed by atoms with E-state index in [0.717, 1.165) is 50.1 Å². The number of aliphatic hydroxyl groups excluding tert-OH is 2. The lowest BCUT2D eigenvalue weighted by Crippen LogP contribution is -2.58. The first-order valence-electron chi connectivity index (χ1n) is 14.8. The highest BCUT2D eigenvalue weighted by molar-refractivity contribution is 7.15. The van der Waals surface area contributed by atoms with Crippen LogP contribution in [0.15, 0.2) is 0 Å². The number of aliphatic hydroxyl groups is 2. The van der Waals surface area contributed by atoms with E-state index in [0.29, 0.717) is 41.9 Å². The van der Waals surface area contributed by atoms with Crippen molar-refractivity contribution in [3.8, 4) is 0 Å². The first-order valence-corrected chi connectivity index (χ1v) is 15.7. The van der Waals surface area contributed by atoms with Gasteiger partial charge in [-0.15, -0.1) is 11.3 Å². The summed E-state index contributed by atoms with van der Waals surface area (Å²) in [6.45, 7) is 7.20. The molecule has 0 spiro atoms. The summed E-state index contributed by atoms with van der Waals surface area (Å²) < 4.78 is 0. The van der Waals surface area contributed by atoms with E-state index in [1.165, 1.54) is 42.7 Å². The van der Waals surface area contributed by atoms with Gasteiger partial charge in [0.25, 0.3) is 0 Å². The molecule has 6 heteroatoms. The fraction of sp³-hybridized carbons (Fsp3) is 0.867. The molecule has 5 aliphatic carbocycles. The summed E-state index contributed by atoms with van der Waals surface area (Å²) in [6.07, 6.45) is 13.2. The molecule has 10 atom stereocenters. The normalized spacial score (nSPS) is 44.3. The largest absolute Gasteiger partial charge is 0.393 e. The lowest BCUT2D eigenvalue weighted by atomic mass is 9.43. The van der Waals surface area contributed by atoms with Crippen LogP contribution in [-0.4, -0.2) is 33.3 Å². The van der Waals surface area contributed by atoms with Crippen LogP contribution in [0.4, 0.5) is 5.13 Å². The predicted octanol–water partition coefficient (Wildman–Crippen LogP) is 5.98. The topological polar surface area (TPSA) is 82.5 Å². The van der Waals surface area contributed by atoms with Gasteiger partial charge in [-0.3, -0.25) is 4.79 Å². The van der Waals surface area contributed by atoms with Crippen LogP contribution in [0.1, 0.15) is 102 Å². The number of aromatic nitrogens is 1. The number of hydrogen-bond acceptors (Lipinski definition) is 5. The summed E-state index contributed by atoms with van der Waals surface area (Å²) in [7, 11) is 0. The number of amides is 1. The molecule has 1 aromatic rings. The standard InChI is InChI=1S/C30H46N2O3S/c1-17(7-12-27(35)32-28-31-24-5-4-6-25(24)36-28)21-10-11-22-20-9-8-18-15-19(33)13-14-29(18,2)23(20)16-26(34)30(21,22)3/h17-23,26,33-34H,4-16H2,1-3H3,(H,31,32,35)/t17-,18+,19-,20+,21+,22-,23-,26+,29+,30-/m1/s1. The molecule has 3 N–H and O–H groups in total. The molecule has 4 fully saturated rings. The van der Waals surface area contributed by atoms with Crippen LogP contribution in [0, 0.1) is 46.3 Å². The summed E-state index contributed by atoms with van der Waals surface area (Å²) in [5, 5.41) is 25.9. The molecule has 0 aromatic carbocycles. The first kappa shape index (κ1) is 25.3. The van der Waals surface area contributed by atoms with Gasteiger partial charge in [0.1, 0.15) is 0 Å². The molecule has 5 nitrogen and oxygen atoms in total. The van der Waals surface area contributed by atoms with Crippen LogP contribution in [0.2, 0.25) is 0 Å². The number of anilines is 1. The van der Waals surface area contributed by atoms with E-state index in [1.54, 1.807) is 11.3 Å². The van der Waals surface area contributed by atoms with Crippen LogP contribution in [0.5, 0.6) is 0 Å². The second-order valence-corrected chi connectivity index (χ2v) is 14.8. The van der Waals surface area contributed by atoms with E-state index in [2.05, 4.69) is 31.1 Å². The van der Waals surface area contributed by atoms with Crippen molar-refractivity contribution in [1.29, 1.82) is 0 Å². The highest BCUT2D eigenvalue weighted by Crippen LogP contribution is 2.68. The average Bonchev–Trinajstić information content (AvgIpc) is 3.53. The van der Waals surface area contributed by atoms with Crippen molar-refractivity contribution in [2.45, 2.75) is 116 Å². The van der Waals surface area contributed by atoms with Crippen molar-refractivity contribution in [3.63, 3.8) is 0 Å². The number of carbonyl (C=O) groups is 1. The lowest BCUT2D eigenvalue weighted by Gasteiger charge is -2.62. The predicted molar refractivity (Wildman–Crippen MR) is 144 cm³/mol. The number of thiazole rings is 1. The van der Waals surface area contributed by atoms with E-state index < -0.39 is 0 Å². The Morgan fingerprint density at radius 1 is 1.11 bits per heavy atom. The average molecular weight is 515 g/mol. The van der Waals surface area contributed by atoms with Gasteiger partial charge in [0.2, 0.25) is 5.91 Å². The molecule has 0 bridgehead atoms. The van der Waals surface area contributed by atoms with Gasteiger partial charge in [0.05, 0.1) is 17.9 Å². The molecule has 1 amide bonds. The Balaban J connectivity index is 1.10. The smallest absolute Gasteiger partial charge is 0.226 e. The van der Waals surface area contributed by atoms with Crippen LogP contribution in [0.3, 0.4) is 0 Å². The highest BCUT2D eigenvalue weighted by atomic mass is 32.1. The van der Waals surface area contributed by atoms with E-state index >= 15 is 0 Å². The van der Waals surface area contributed by atoms with Crippen LogP contribution in [0.25, 0.3) is 0 Å². The molecular formula is C30H46N2O3S. The van der Waals surface area contributed by atoms with Gasteiger partial charge < -0.3 is 15.5 Å². The molecule has 0 unspecified atom stereocenters. The van der Waals surface area contributed by atoms with Crippen molar-refractivity contribution < 1.29 is 15.0 Å². The van der Waals surface area contributed by atoms with Gasteiger partial charge >= 0.3 is 0 Å². The number of rotatable bonds is 5. The Morgan fingerprint density at radius 2 is 1.94 bits per heavy atom. The number of nitrogens with one attached hydrogen (secondary N) is 1. The van der Waals surface area contributed by atoms with Gasteiger partial charge in [0.15, 0.2) is 5.13 Å². The molecular weight excluding hydrogens is 468 g/mol. The quantitative estimate of drug-likeness (QED) is 0.452. The number of hydrogen-bond donors (Lipinski definition) is 3. The van der Waals surface area contributed by atoms with Crippen molar-refractivity contribution in [3.05, 3.63) is 10.6 Å². The van der Waals surface area contributed by atoms with Crippen molar-refractivity contribution in [2.75, 3.05) is 5.32 Å². The molecule has 1 heterocycles. The first-order chi connectivity index (χ1) is 17.2. The summed E-state index contributed by atoms with van der Waals surface area (Å²) in [5.41, 5.74) is 1.43. The summed E-state index contributed by atoms with van der Waals surface area (Å²) >= 11 is 1.65. The Hall–Kier alpha value is -0.980. The van der Waals surface area contributed by atoms with Gasteiger partial charge in [-0.25, -0.2) is 4.98 Å². The summed E-state index contributed by atoms with van der Waals surface area (Å²) in [6, 6.07) is 0.